The van der Waals surface area contributed by atoms with Gasteiger partial charge in [0.05, 0.1) is 10.3 Å². The van der Waals surface area contributed by atoms with Crippen LogP contribution in [0.5, 0.6) is 0 Å². The maximum atomic E-state index is 13.2. The molecule has 1 atom stereocenters. The predicted octanol–water partition coefficient (Wildman–Crippen LogP) is 5.73. The summed E-state index contributed by atoms with van der Waals surface area (Å²) in [6.07, 6.45) is 2.36. The van der Waals surface area contributed by atoms with E-state index in [0.29, 0.717) is 12.1 Å². The van der Waals surface area contributed by atoms with Crippen LogP contribution in [0.25, 0.3) is 0 Å². The largest absolute Gasteiger partial charge is 0.326 e. The molecular weight excluding hydrogens is 387 g/mol. The number of benzene rings is 2. The van der Waals surface area contributed by atoms with Crippen LogP contribution in [-0.4, -0.2) is 17.1 Å². The molecule has 0 spiro atoms. The fraction of sp³-hybridized carbons (Fsp3) is 0.300. The lowest BCUT2D eigenvalue weighted by molar-refractivity contribution is -0.116. The van der Waals surface area contributed by atoms with Crippen LogP contribution >= 0.6 is 23.4 Å². The number of thioether (sulfide) groups is 1. The molecule has 0 radical (unpaired) electrons. The summed E-state index contributed by atoms with van der Waals surface area (Å²) < 4.78 is 13.2. The van der Waals surface area contributed by atoms with Crippen LogP contribution in [0.2, 0.25) is 5.02 Å². The van der Waals surface area contributed by atoms with Crippen molar-refractivity contribution in [2.24, 2.45) is 0 Å². The quantitative estimate of drug-likeness (QED) is 0.548. The molecule has 0 fully saturated rings. The second kappa shape index (κ2) is 10.3. The zero-order chi connectivity index (χ0) is 19.8. The van der Waals surface area contributed by atoms with E-state index in [2.05, 4.69) is 10.6 Å². The van der Waals surface area contributed by atoms with E-state index >= 15 is 0 Å². The molecule has 144 valence electrons. The molecule has 1 unspecified atom stereocenters. The van der Waals surface area contributed by atoms with E-state index < -0.39 is 5.82 Å². The van der Waals surface area contributed by atoms with Crippen molar-refractivity contribution in [3.05, 3.63) is 53.3 Å². The Labute approximate surface area is 167 Å². The number of anilines is 2. The van der Waals surface area contributed by atoms with E-state index in [1.165, 1.54) is 30.0 Å². The van der Waals surface area contributed by atoms with Gasteiger partial charge in [0, 0.05) is 22.7 Å². The zero-order valence-corrected chi connectivity index (χ0v) is 16.8. The molecule has 0 aliphatic heterocycles. The summed E-state index contributed by atoms with van der Waals surface area (Å²) in [5.41, 5.74) is 1.18. The highest BCUT2D eigenvalue weighted by Crippen LogP contribution is 2.26. The molecule has 27 heavy (non-hydrogen) atoms. The van der Waals surface area contributed by atoms with Crippen molar-refractivity contribution in [3.63, 3.8) is 0 Å². The molecule has 0 aliphatic carbocycles. The summed E-state index contributed by atoms with van der Waals surface area (Å²) in [4.78, 5) is 24.9. The Morgan fingerprint density at radius 1 is 1.11 bits per heavy atom. The first kappa shape index (κ1) is 21.3. The topological polar surface area (TPSA) is 58.2 Å². The van der Waals surface area contributed by atoms with Gasteiger partial charge in [-0.05, 0) is 55.8 Å². The van der Waals surface area contributed by atoms with E-state index in [9.17, 15) is 14.0 Å². The number of amides is 2. The van der Waals surface area contributed by atoms with Gasteiger partial charge in [-0.2, -0.15) is 0 Å². The third-order valence-corrected chi connectivity index (χ3v) is 5.17. The van der Waals surface area contributed by atoms with Crippen LogP contribution in [0.15, 0.2) is 47.4 Å². The van der Waals surface area contributed by atoms with E-state index in [1.54, 1.807) is 6.92 Å². The monoisotopic (exact) mass is 408 g/mol. The van der Waals surface area contributed by atoms with Gasteiger partial charge in [-0.3, -0.25) is 9.59 Å². The van der Waals surface area contributed by atoms with Crippen molar-refractivity contribution in [1.29, 1.82) is 0 Å². The average Bonchev–Trinajstić information content (AvgIpc) is 2.64. The molecule has 2 amide bonds. The number of nitrogens with one attached hydrogen (secondary N) is 2. The average molecular weight is 409 g/mol. The third kappa shape index (κ3) is 6.88. The molecule has 0 aromatic heterocycles. The number of carbonyl (C=O) groups is 2. The van der Waals surface area contributed by atoms with Gasteiger partial charge in [0.1, 0.15) is 5.82 Å². The van der Waals surface area contributed by atoms with Crippen LogP contribution in [0.4, 0.5) is 15.8 Å². The summed E-state index contributed by atoms with van der Waals surface area (Å²) in [7, 11) is 0. The van der Waals surface area contributed by atoms with Gasteiger partial charge in [-0.15, -0.1) is 11.8 Å². The van der Waals surface area contributed by atoms with E-state index in [0.717, 1.165) is 23.4 Å². The first-order valence-electron chi connectivity index (χ1n) is 8.71. The smallest absolute Gasteiger partial charge is 0.237 e. The predicted molar refractivity (Wildman–Crippen MR) is 110 cm³/mol. The van der Waals surface area contributed by atoms with Crippen molar-refractivity contribution in [2.75, 3.05) is 10.6 Å². The summed E-state index contributed by atoms with van der Waals surface area (Å²) in [6.45, 7) is 3.83. The van der Waals surface area contributed by atoms with Crippen LogP contribution in [0.1, 0.15) is 33.1 Å². The van der Waals surface area contributed by atoms with Gasteiger partial charge in [0.25, 0.3) is 0 Å². The minimum atomic E-state index is -0.529. The van der Waals surface area contributed by atoms with E-state index in [-0.39, 0.29) is 22.1 Å². The minimum absolute atomic E-state index is 0.00274. The van der Waals surface area contributed by atoms with Gasteiger partial charge in [-0.25, -0.2) is 4.39 Å². The Balaban J connectivity index is 1.88. The number of hydrogen-bond donors (Lipinski definition) is 2. The van der Waals surface area contributed by atoms with Crippen molar-refractivity contribution < 1.29 is 14.0 Å². The fourth-order valence-electron chi connectivity index (χ4n) is 2.25. The SMILES string of the molecule is CCCCC(=O)Nc1ccc(SC(C)C(=O)Nc2ccc(F)c(Cl)c2)cc1. The van der Waals surface area contributed by atoms with Crippen LogP contribution in [0, 0.1) is 5.82 Å². The molecule has 0 heterocycles. The highest BCUT2D eigenvalue weighted by Gasteiger charge is 2.15. The van der Waals surface area contributed by atoms with Gasteiger partial charge < -0.3 is 10.6 Å². The molecule has 0 saturated heterocycles. The molecular formula is C20H22ClFN2O2S. The fourth-order valence-corrected chi connectivity index (χ4v) is 3.30. The summed E-state index contributed by atoms with van der Waals surface area (Å²) in [5, 5.41) is 5.17. The van der Waals surface area contributed by atoms with Crippen LogP contribution in [0.3, 0.4) is 0 Å². The molecule has 0 saturated carbocycles. The number of hydrogen-bond acceptors (Lipinski definition) is 3. The standard InChI is InChI=1S/C20H22ClFN2O2S/c1-3-4-5-19(25)23-14-6-9-16(10-7-14)27-13(2)20(26)24-15-8-11-18(22)17(21)12-15/h6-13H,3-5H2,1-2H3,(H,23,25)(H,24,26). The maximum absolute atomic E-state index is 13.2. The molecule has 0 aliphatic rings. The number of carbonyl (C=O) groups excluding carboxylic acids is 2. The number of rotatable bonds is 8. The van der Waals surface area contributed by atoms with Crippen LogP contribution < -0.4 is 10.6 Å². The Kier molecular flexibility index (Phi) is 8.13. The van der Waals surface area contributed by atoms with Crippen molar-refractivity contribution >= 4 is 46.6 Å². The van der Waals surface area contributed by atoms with Gasteiger partial charge >= 0.3 is 0 Å². The molecule has 2 rings (SSSR count). The summed E-state index contributed by atoms with van der Waals surface area (Å²) in [6, 6.07) is 11.4. The Morgan fingerprint density at radius 2 is 1.78 bits per heavy atom. The second-order valence-corrected chi connectivity index (χ2v) is 7.88. The summed E-state index contributed by atoms with van der Waals surface area (Å²) >= 11 is 7.11. The van der Waals surface area contributed by atoms with E-state index in [4.69, 9.17) is 11.6 Å². The summed E-state index contributed by atoms with van der Waals surface area (Å²) in [5.74, 6) is -0.735. The van der Waals surface area contributed by atoms with Gasteiger partial charge in [0.15, 0.2) is 0 Å². The van der Waals surface area contributed by atoms with Crippen molar-refractivity contribution in [2.45, 2.75) is 43.3 Å². The third-order valence-electron chi connectivity index (χ3n) is 3.76. The Bertz CT molecular complexity index is 799. The first-order chi connectivity index (χ1) is 12.9. The molecule has 2 aromatic carbocycles. The minimum Gasteiger partial charge on any atom is -0.326 e. The lowest BCUT2D eigenvalue weighted by atomic mass is 10.2. The molecule has 4 nitrogen and oxygen atoms in total. The molecule has 7 heteroatoms. The highest BCUT2D eigenvalue weighted by atomic mass is 35.5. The first-order valence-corrected chi connectivity index (χ1v) is 9.97. The zero-order valence-electron chi connectivity index (χ0n) is 15.2. The lowest BCUT2D eigenvalue weighted by Gasteiger charge is -2.13. The number of halogens is 2. The second-order valence-electron chi connectivity index (χ2n) is 6.05. The van der Waals surface area contributed by atoms with Gasteiger partial charge in [-0.1, -0.05) is 24.9 Å². The molecule has 0 bridgehead atoms. The molecule has 2 aromatic rings. The maximum Gasteiger partial charge on any atom is 0.237 e. The van der Waals surface area contributed by atoms with Crippen molar-refractivity contribution in [3.8, 4) is 0 Å². The molecule has 2 N–H and O–H groups in total. The van der Waals surface area contributed by atoms with Crippen molar-refractivity contribution in [1.82, 2.24) is 0 Å². The highest BCUT2D eigenvalue weighted by molar-refractivity contribution is 8.00. The Morgan fingerprint density at radius 3 is 2.41 bits per heavy atom. The Hall–Kier alpha value is -2.05. The van der Waals surface area contributed by atoms with Crippen LogP contribution in [-0.2, 0) is 9.59 Å². The normalized spacial score (nSPS) is 11.7. The lowest BCUT2D eigenvalue weighted by Crippen LogP contribution is -2.22. The van der Waals surface area contributed by atoms with Gasteiger partial charge in [0.2, 0.25) is 11.8 Å². The van der Waals surface area contributed by atoms with E-state index in [1.807, 2.05) is 31.2 Å². The number of unbranched alkanes of at least 4 members (excludes halogenated alkanes) is 1.